The summed E-state index contributed by atoms with van der Waals surface area (Å²) in [6.45, 7) is 5.27. The predicted octanol–water partition coefficient (Wildman–Crippen LogP) is 16.3. The maximum atomic E-state index is 12.8. The van der Waals surface area contributed by atoms with Crippen LogP contribution in [-0.4, -0.2) is 75.6 Å². The Balaban J connectivity index is 4.27. The van der Waals surface area contributed by atoms with Gasteiger partial charge in [0.2, 0.25) is 0 Å². The lowest BCUT2D eigenvalue weighted by Crippen LogP contribution is -2.37. The second-order valence-electron chi connectivity index (χ2n) is 17.8. The molecule has 0 spiro atoms. The Bertz CT molecular complexity index is 1520. The third-order valence-electron chi connectivity index (χ3n) is 10.2. The van der Waals surface area contributed by atoms with E-state index >= 15 is 0 Å². The molecule has 0 rings (SSSR count). The quantitative estimate of drug-likeness (QED) is 0.0214. The van der Waals surface area contributed by atoms with Crippen LogP contribution in [0.1, 0.15) is 168 Å². The summed E-state index contributed by atoms with van der Waals surface area (Å²) >= 11 is 0. The highest BCUT2D eigenvalue weighted by atomic mass is 31.2. The van der Waals surface area contributed by atoms with Gasteiger partial charge in [-0.25, -0.2) is 4.57 Å². The van der Waals surface area contributed by atoms with Crippen molar-refractivity contribution in [3.05, 3.63) is 134 Å². The van der Waals surface area contributed by atoms with E-state index in [1.54, 1.807) is 0 Å². The van der Waals surface area contributed by atoms with E-state index in [2.05, 4.69) is 148 Å². The van der Waals surface area contributed by atoms with Crippen molar-refractivity contribution in [3.8, 4) is 0 Å². The van der Waals surface area contributed by atoms with Crippen molar-refractivity contribution in [2.45, 2.75) is 174 Å². The number of ether oxygens (including phenoxy) is 2. The zero-order valence-electron chi connectivity index (χ0n) is 43.1. The number of phosphoric acid groups is 1. The fourth-order valence-corrected chi connectivity index (χ4v) is 7.03. The molecule has 8 nitrogen and oxygen atoms in total. The van der Waals surface area contributed by atoms with Crippen LogP contribution in [-0.2, 0) is 27.9 Å². The van der Waals surface area contributed by atoms with Gasteiger partial charge in [0.05, 0.1) is 34.4 Å². The predicted molar refractivity (Wildman–Crippen MR) is 288 cm³/mol. The van der Waals surface area contributed by atoms with Gasteiger partial charge < -0.3 is 18.9 Å². The number of phosphoric ester groups is 1. The molecule has 0 radical (unpaired) electrons. The molecule has 0 aliphatic rings. The summed E-state index contributed by atoms with van der Waals surface area (Å²) in [5.41, 5.74) is 0. The van der Waals surface area contributed by atoms with Crippen LogP contribution < -0.4 is 0 Å². The Morgan fingerprint density at radius 3 is 1.22 bits per heavy atom. The monoisotopic (exact) mass is 951 g/mol. The minimum atomic E-state index is -4.31. The Morgan fingerprint density at radius 1 is 0.463 bits per heavy atom. The number of nitrogens with zero attached hydrogens (tertiary/aromatic N) is 1. The zero-order valence-corrected chi connectivity index (χ0v) is 44.0. The molecule has 0 saturated carbocycles. The number of unbranched alkanes of at least 4 members (excludes halogenated alkanes) is 10. The molecule has 380 valence electrons. The fraction of sp³-hybridized carbons (Fsp3) is 0.603. The van der Waals surface area contributed by atoms with Crippen LogP contribution in [0.4, 0.5) is 0 Å². The van der Waals surface area contributed by atoms with Gasteiger partial charge in [0.15, 0.2) is 0 Å². The number of carbonyl (C=O) groups is 1. The molecule has 1 N–H and O–H groups in total. The van der Waals surface area contributed by atoms with E-state index in [9.17, 15) is 14.3 Å². The number of allylic oxidation sites excluding steroid dienone is 22. The highest BCUT2D eigenvalue weighted by Crippen LogP contribution is 2.43. The number of quaternary nitrogens is 1. The molecule has 0 amide bonds. The summed E-state index contributed by atoms with van der Waals surface area (Å²) in [5.74, 6) is -0.343. The average Bonchev–Trinajstić information content (AvgIpc) is 3.29. The van der Waals surface area contributed by atoms with Crippen LogP contribution in [0.3, 0.4) is 0 Å². The molecule has 0 aromatic carbocycles. The molecule has 0 bridgehead atoms. The molecule has 0 aliphatic carbocycles. The molecule has 0 saturated heterocycles. The minimum absolute atomic E-state index is 0.0714. The standard InChI is InChI=1S/C58H96NO7P/c1-6-8-10-12-14-16-18-20-22-24-26-27-28-29-30-31-32-34-36-38-40-42-44-46-48-50-53-63-55-57(56-65-67(61,62)64-54-52-59(3,4)5)66-58(60)51-49-47-45-43-41-39-37-35-33-25-23-21-19-17-15-13-11-9-7-2/h8-11,14-17,20-23,26-27,29-30,32-35,38,40,57H,6-7,12-13,18-19,24-25,28,31,36-37,39,41-56H2,1-5H3/p+1/b10-8-,11-9-,16-14-,17-15-,22-20-,23-21-,27-26-,30-29-,34-32-,35-33-,40-38-. The highest BCUT2D eigenvalue weighted by Gasteiger charge is 2.26. The van der Waals surface area contributed by atoms with Crippen molar-refractivity contribution in [1.82, 2.24) is 0 Å². The van der Waals surface area contributed by atoms with Gasteiger partial charge in [-0.2, -0.15) is 0 Å². The van der Waals surface area contributed by atoms with E-state index in [1.807, 2.05) is 21.1 Å². The van der Waals surface area contributed by atoms with Crippen LogP contribution in [0, 0.1) is 0 Å². The number of hydrogen-bond acceptors (Lipinski definition) is 6. The fourth-order valence-electron chi connectivity index (χ4n) is 6.29. The molecule has 0 fully saturated rings. The van der Waals surface area contributed by atoms with E-state index in [4.69, 9.17) is 18.5 Å². The Hall–Kier alpha value is -3.36. The van der Waals surface area contributed by atoms with Gasteiger partial charge in [0.1, 0.15) is 19.3 Å². The van der Waals surface area contributed by atoms with Crippen molar-refractivity contribution < 1.29 is 37.3 Å². The molecule has 2 unspecified atom stereocenters. The van der Waals surface area contributed by atoms with Crippen molar-refractivity contribution >= 4 is 13.8 Å². The number of esters is 1. The molecule has 0 aromatic rings. The summed E-state index contributed by atoms with van der Waals surface area (Å²) < 4.78 is 35.1. The molecule has 0 aromatic heterocycles. The van der Waals surface area contributed by atoms with Gasteiger partial charge in [-0.3, -0.25) is 13.8 Å². The maximum Gasteiger partial charge on any atom is 0.472 e. The Morgan fingerprint density at radius 2 is 0.821 bits per heavy atom. The molecular weight excluding hydrogens is 854 g/mol. The van der Waals surface area contributed by atoms with E-state index < -0.39 is 13.9 Å². The van der Waals surface area contributed by atoms with Crippen LogP contribution >= 0.6 is 7.82 Å². The molecule has 0 heterocycles. The van der Waals surface area contributed by atoms with Crippen molar-refractivity contribution in [2.75, 3.05) is 54.1 Å². The van der Waals surface area contributed by atoms with Crippen molar-refractivity contribution in [3.63, 3.8) is 0 Å². The largest absolute Gasteiger partial charge is 0.472 e. The normalized spacial score (nSPS) is 14.7. The number of rotatable bonds is 46. The molecule has 67 heavy (non-hydrogen) atoms. The van der Waals surface area contributed by atoms with Crippen LogP contribution in [0.15, 0.2) is 134 Å². The first-order valence-electron chi connectivity index (χ1n) is 25.9. The van der Waals surface area contributed by atoms with E-state index in [0.717, 1.165) is 135 Å². The van der Waals surface area contributed by atoms with Crippen LogP contribution in [0.25, 0.3) is 0 Å². The summed E-state index contributed by atoms with van der Waals surface area (Å²) in [6.07, 6.45) is 72.1. The Labute approximate surface area is 411 Å². The van der Waals surface area contributed by atoms with E-state index in [-0.39, 0.29) is 25.8 Å². The Kier molecular flexibility index (Phi) is 46.6. The topological polar surface area (TPSA) is 91.3 Å². The molecule has 2 atom stereocenters. The van der Waals surface area contributed by atoms with Gasteiger partial charge in [0.25, 0.3) is 0 Å². The zero-order chi connectivity index (χ0) is 49.0. The summed E-state index contributed by atoms with van der Waals surface area (Å²) in [7, 11) is 1.61. The summed E-state index contributed by atoms with van der Waals surface area (Å²) in [6, 6.07) is 0. The maximum absolute atomic E-state index is 12.8. The highest BCUT2D eigenvalue weighted by molar-refractivity contribution is 7.47. The number of carbonyl (C=O) groups excluding carboxylic acids is 1. The van der Waals surface area contributed by atoms with E-state index in [1.165, 1.54) is 12.8 Å². The van der Waals surface area contributed by atoms with Gasteiger partial charge in [0, 0.05) is 13.0 Å². The minimum Gasteiger partial charge on any atom is -0.457 e. The summed E-state index contributed by atoms with van der Waals surface area (Å²) in [4.78, 5) is 23.0. The van der Waals surface area contributed by atoms with Crippen LogP contribution in [0.5, 0.6) is 0 Å². The molecule has 0 aliphatic heterocycles. The number of hydrogen-bond donors (Lipinski definition) is 1. The molecule has 9 heteroatoms. The third-order valence-corrected chi connectivity index (χ3v) is 11.2. The summed E-state index contributed by atoms with van der Waals surface area (Å²) in [5, 5.41) is 0. The molecular formula is C58H97NO7P+. The third kappa shape index (κ3) is 53.5. The smallest absolute Gasteiger partial charge is 0.457 e. The number of likely N-dealkylation sites (N-methyl/N-ethyl adjacent to an activating group) is 1. The van der Waals surface area contributed by atoms with E-state index in [0.29, 0.717) is 24.1 Å². The van der Waals surface area contributed by atoms with Crippen molar-refractivity contribution in [2.24, 2.45) is 0 Å². The average molecular weight is 951 g/mol. The second-order valence-corrected chi connectivity index (χ2v) is 19.2. The first kappa shape index (κ1) is 63.6. The second kappa shape index (κ2) is 49.1. The van der Waals surface area contributed by atoms with Gasteiger partial charge in [-0.05, 0) is 109 Å². The SMILES string of the molecule is CC/C=C\C/C=C\C/C=C\C/C=C\C/C=C\C/C=C\C/C=C\CCCCCCOCC(COP(=O)(O)OCC[N+](C)(C)C)OC(=O)CCCCCCCC/C=C\C/C=C\C/C=C\C/C=C\CC. The first-order chi connectivity index (χ1) is 32.6. The van der Waals surface area contributed by atoms with Crippen LogP contribution in [0.2, 0.25) is 0 Å². The van der Waals surface area contributed by atoms with Crippen molar-refractivity contribution in [1.29, 1.82) is 0 Å². The van der Waals surface area contributed by atoms with Gasteiger partial charge in [-0.1, -0.05) is 186 Å². The van der Waals surface area contributed by atoms with Gasteiger partial charge >= 0.3 is 13.8 Å². The lowest BCUT2D eigenvalue weighted by atomic mass is 10.1. The van der Waals surface area contributed by atoms with Gasteiger partial charge in [-0.15, -0.1) is 0 Å². The lowest BCUT2D eigenvalue weighted by Gasteiger charge is -2.24. The lowest BCUT2D eigenvalue weighted by molar-refractivity contribution is -0.870. The first-order valence-corrected chi connectivity index (χ1v) is 27.4.